The Kier molecular flexibility index (Phi) is 4.83. The van der Waals surface area contributed by atoms with Crippen molar-refractivity contribution in [2.45, 2.75) is 12.8 Å². The van der Waals surface area contributed by atoms with Crippen LogP contribution in [0.5, 0.6) is 0 Å². The number of aromatic nitrogens is 2. The standard InChI is InChI=1S/C18H25N5O2S/c1-21-11-13-23(14-12-21)26(24,25)22-9-7-16-17(8-10-22)19-20-18(16)15-5-3-2-4-6-15/h2-6H,7-14H2,1H3,(H,19,20). The predicted octanol–water partition coefficient (Wildman–Crippen LogP) is 0.970. The van der Waals surface area contributed by atoms with Crippen molar-refractivity contribution in [3.05, 3.63) is 41.6 Å². The Labute approximate surface area is 154 Å². The normalized spacial score (nSPS) is 20.7. The maximum Gasteiger partial charge on any atom is 0.282 e. The van der Waals surface area contributed by atoms with Crippen LogP contribution in [0.25, 0.3) is 11.3 Å². The molecule has 0 aliphatic carbocycles. The Bertz CT molecular complexity index is 857. The van der Waals surface area contributed by atoms with E-state index in [9.17, 15) is 8.42 Å². The molecular formula is C18H25N5O2S. The summed E-state index contributed by atoms with van der Waals surface area (Å²) in [5.74, 6) is 0. The van der Waals surface area contributed by atoms with Gasteiger partial charge in [-0.15, -0.1) is 0 Å². The van der Waals surface area contributed by atoms with Crippen LogP contribution in [-0.2, 0) is 23.1 Å². The molecule has 0 radical (unpaired) electrons. The third kappa shape index (κ3) is 3.29. The lowest BCUT2D eigenvalue weighted by Gasteiger charge is -2.34. The van der Waals surface area contributed by atoms with Gasteiger partial charge in [-0.3, -0.25) is 5.10 Å². The zero-order valence-electron chi connectivity index (χ0n) is 15.1. The lowest BCUT2D eigenvalue weighted by molar-refractivity contribution is 0.211. The summed E-state index contributed by atoms with van der Waals surface area (Å²) >= 11 is 0. The van der Waals surface area contributed by atoms with Crippen LogP contribution in [0.2, 0.25) is 0 Å². The van der Waals surface area contributed by atoms with Crippen molar-refractivity contribution >= 4 is 10.2 Å². The van der Waals surface area contributed by atoms with Crippen molar-refractivity contribution in [2.24, 2.45) is 0 Å². The minimum absolute atomic E-state index is 0.498. The summed E-state index contributed by atoms with van der Waals surface area (Å²) in [4.78, 5) is 2.16. The fraction of sp³-hybridized carbons (Fsp3) is 0.500. The van der Waals surface area contributed by atoms with Gasteiger partial charge in [0.15, 0.2) is 0 Å². The van der Waals surface area contributed by atoms with Gasteiger partial charge in [0.25, 0.3) is 10.2 Å². The first-order valence-electron chi connectivity index (χ1n) is 9.11. The van der Waals surface area contributed by atoms with Crippen molar-refractivity contribution in [3.63, 3.8) is 0 Å². The maximum absolute atomic E-state index is 13.0. The number of nitrogens with zero attached hydrogens (tertiary/aromatic N) is 4. The van der Waals surface area contributed by atoms with Crippen LogP contribution in [0.4, 0.5) is 0 Å². The van der Waals surface area contributed by atoms with Crippen LogP contribution in [-0.4, -0.2) is 78.4 Å². The summed E-state index contributed by atoms with van der Waals surface area (Å²) in [5, 5.41) is 7.62. The molecule has 0 atom stereocenters. The van der Waals surface area contributed by atoms with Gasteiger partial charge in [-0.25, -0.2) is 0 Å². The van der Waals surface area contributed by atoms with E-state index in [1.807, 2.05) is 37.4 Å². The third-order valence-electron chi connectivity index (χ3n) is 5.34. The quantitative estimate of drug-likeness (QED) is 0.868. The lowest BCUT2D eigenvalue weighted by Crippen LogP contribution is -2.52. The molecule has 1 fully saturated rings. The van der Waals surface area contributed by atoms with E-state index in [1.165, 1.54) is 0 Å². The highest BCUT2D eigenvalue weighted by molar-refractivity contribution is 7.86. The first-order chi connectivity index (χ1) is 12.6. The minimum atomic E-state index is -3.40. The minimum Gasteiger partial charge on any atom is -0.304 e. The number of benzene rings is 1. The second kappa shape index (κ2) is 7.11. The molecule has 2 aliphatic rings. The van der Waals surface area contributed by atoms with E-state index >= 15 is 0 Å². The van der Waals surface area contributed by atoms with Crippen LogP contribution >= 0.6 is 0 Å². The molecule has 140 valence electrons. The van der Waals surface area contributed by atoms with Crippen LogP contribution < -0.4 is 0 Å². The van der Waals surface area contributed by atoms with Gasteiger partial charge in [0.05, 0.1) is 5.69 Å². The molecule has 0 spiro atoms. The molecule has 1 aromatic carbocycles. The fourth-order valence-electron chi connectivity index (χ4n) is 3.71. The summed E-state index contributed by atoms with van der Waals surface area (Å²) in [5.41, 5.74) is 4.21. The molecule has 1 aromatic heterocycles. The number of H-pyrrole nitrogens is 1. The number of nitrogens with one attached hydrogen (secondary N) is 1. The molecule has 0 amide bonds. The van der Waals surface area contributed by atoms with Crippen molar-refractivity contribution in [2.75, 3.05) is 46.3 Å². The Hall–Kier alpha value is -1.74. The number of hydrogen-bond acceptors (Lipinski definition) is 4. The number of hydrogen-bond donors (Lipinski definition) is 1. The fourth-order valence-corrected chi connectivity index (χ4v) is 5.31. The first-order valence-corrected chi connectivity index (χ1v) is 10.5. The summed E-state index contributed by atoms with van der Waals surface area (Å²) in [6.07, 6.45) is 1.35. The van der Waals surface area contributed by atoms with Crippen molar-refractivity contribution < 1.29 is 8.42 Å². The molecule has 1 N–H and O–H groups in total. The topological polar surface area (TPSA) is 72.5 Å². The summed E-state index contributed by atoms with van der Waals surface area (Å²) in [7, 11) is -1.37. The average Bonchev–Trinajstić information content (AvgIpc) is 2.93. The highest BCUT2D eigenvalue weighted by Gasteiger charge is 2.33. The number of rotatable bonds is 3. The van der Waals surface area contributed by atoms with Crippen LogP contribution in [0.1, 0.15) is 11.3 Å². The number of likely N-dealkylation sites (N-methyl/N-ethyl adjacent to an activating group) is 1. The summed E-state index contributed by atoms with van der Waals surface area (Å²) in [6, 6.07) is 10.1. The Morgan fingerprint density at radius 2 is 1.58 bits per heavy atom. The van der Waals surface area contributed by atoms with Gasteiger partial charge in [-0.05, 0) is 13.5 Å². The molecular weight excluding hydrogens is 350 g/mol. The van der Waals surface area contributed by atoms with Crippen molar-refractivity contribution in [1.82, 2.24) is 23.7 Å². The van der Waals surface area contributed by atoms with Gasteiger partial charge in [-0.2, -0.15) is 22.1 Å². The van der Waals surface area contributed by atoms with Crippen LogP contribution in [0.3, 0.4) is 0 Å². The Morgan fingerprint density at radius 3 is 2.31 bits per heavy atom. The molecule has 7 nitrogen and oxygen atoms in total. The van der Waals surface area contributed by atoms with Gasteiger partial charge < -0.3 is 4.90 Å². The molecule has 2 aromatic rings. The molecule has 4 rings (SSSR count). The Morgan fingerprint density at radius 1 is 0.923 bits per heavy atom. The zero-order valence-corrected chi connectivity index (χ0v) is 15.9. The zero-order chi connectivity index (χ0) is 18.1. The number of fused-ring (bicyclic) bond motifs is 1. The lowest BCUT2D eigenvalue weighted by atomic mass is 10.0. The third-order valence-corrected chi connectivity index (χ3v) is 7.37. The summed E-state index contributed by atoms with van der Waals surface area (Å²) in [6.45, 7) is 3.70. The van der Waals surface area contributed by atoms with Crippen molar-refractivity contribution in [3.8, 4) is 11.3 Å². The molecule has 1 saturated heterocycles. The van der Waals surface area contributed by atoms with Gasteiger partial charge in [0.2, 0.25) is 0 Å². The summed E-state index contributed by atoms with van der Waals surface area (Å²) < 4.78 is 29.3. The van der Waals surface area contributed by atoms with E-state index in [2.05, 4.69) is 15.1 Å². The van der Waals surface area contributed by atoms with E-state index < -0.39 is 10.2 Å². The molecule has 0 unspecified atom stereocenters. The van der Waals surface area contributed by atoms with Gasteiger partial charge in [0, 0.05) is 62.5 Å². The molecule has 2 aliphatic heterocycles. The van der Waals surface area contributed by atoms with E-state index in [-0.39, 0.29) is 0 Å². The SMILES string of the molecule is CN1CCN(S(=O)(=O)N2CCc3[nH]nc(-c4ccccc4)c3CC2)CC1. The highest BCUT2D eigenvalue weighted by Crippen LogP contribution is 2.27. The molecule has 0 saturated carbocycles. The van der Waals surface area contributed by atoms with Crippen molar-refractivity contribution in [1.29, 1.82) is 0 Å². The van der Waals surface area contributed by atoms with E-state index in [0.29, 0.717) is 39.0 Å². The maximum atomic E-state index is 13.0. The van der Waals surface area contributed by atoms with Gasteiger partial charge >= 0.3 is 0 Å². The second-order valence-corrected chi connectivity index (χ2v) is 8.93. The monoisotopic (exact) mass is 375 g/mol. The number of piperazine rings is 1. The van der Waals surface area contributed by atoms with Gasteiger partial charge in [-0.1, -0.05) is 30.3 Å². The number of aromatic amines is 1. The van der Waals surface area contributed by atoms with Crippen LogP contribution in [0.15, 0.2) is 30.3 Å². The molecule has 8 heteroatoms. The average molecular weight is 375 g/mol. The highest BCUT2D eigenvalue weighted by atomic mass is 32.2. The first kappa shape index (κ1) is 17.7. The smallest absolute Gasteiger partial charge is 0.282 e. The van der Waals surface area contributed by atoms with Crippen LogP contribution in [0, 0.1) is 0 Å². The van der Waals surface area contributed by atoms with Gasteiger partial charge in [0.1, 0.15) is 0 Å². The second-order valence-electron chi connectivity index (χ2n) is 7.00. The molecule has 26 heavy (non-hydrogen) atoms. The van der Waals surface area contributed by atoms with E-state index in [0.717, 1.165) is 35.6 Å². The van der Waals surface area contributed by atoms with E-state index in [1.54, 1.807) is 8.61 Å². The molecule has 0 bridgehead atoms. The Balaban J connectivity index is 1.53. The van der Waals surface area contributed by atoms with E-state index in [4.69, 9.17) is 0 Å². The largest absolute Gasteiger partial charge is 0.304 e. The predicted molar refractivity (Wildman–Crippen MR) is 101 cm³/mol. The molecule has 3 heterocycles.